The first-order chi connectivity index (χ1) is 10.0. The summed E-state index contributed by atoms with van der Waals surface area (Å²) < 4.78 is 0. The highest BCUT2D eigenvalue weighted by atomic mass is 16.2. The number of hydrogen-bond acceptors (Lipinski definition) is 3. The van der Waals surface area contributed by atoms with Crippen molar-refractivity contribution in [3.05, 3.63) is 29.8 Å². The zero-order valence-electron chi connectivity index (χ0n) is 12.5. The van der Waals surface area contributed by atoms with Gasteiger partial charge < -0.3 is 5.32 Å². The van der Waals surface area contributed by atoms with Gasteiger partial charge in [-0.1, -0.05) is 24.6 Å². The lowest BCUT2D eigenvalue weighted by atomic mass is 9.90. The Labute approximate surface area is 124 Å². The van der Waals surface area contributed by atoms with Gasteiger partial charge in [-0.25, -0.2) is 5.43 Å². The van der Waals surface area contributed by atoms with Gasteiger partial charge in [0.1, 0.15) is 0 Å². The molecule has 2 N–H and O–H groups in total. The molecule has 1 aliphatic carbocycles. The third kappa shape index (κ3) is 4.70. The molecule has 112 valence electrons. The molecule has 1 saturated carbocycles. The van der Waals surface area contributed by atoms with E-state index < -0.39 is 11.8 Å². The topological polar surface area (TPSA) is 70.6 Å². The lowest BCUT2D eigenvalue weighted by Crippen LogP contribution is -2.33. The molecule has 0 aromatic heterocycles. The van der Waals surface area contributed by atoms with E-state index in [0.717, 1.165) is 37.0 Å². The first kappa shape index (κ1) is 15.2. The van der Waals surface area contributed by atoms with Crippen molar-refractivity contribution in [2.45, 2.75) is 39.5 Å². The summed E-state index contributed by atoms with van der Waals surface area (Å²) in [6.45, 7) is 4.17. The van der Waals surface area contributed by atoms with Crippen LogP contribution < -0.4 is 10.7 Å². The van der Waals surface area contributed by atoms with Gasteiger partial charge >= 0.3 is 11.8 Å². The number of amides is 2. The molecule has 1 aromatic carbocycles. The van der Waals surface area contributed by atoms with Crippen molar-refractivity contribution in [1.29, 1.82) is 0 Å². The van der Waals surface area contributed by atoms with Crippen molar-refractivity contribution in [1.82, 2.24) is 5.43 Å². The molecule has 5 heteroatoms. The molecule has 2 amide bonds. The molecule has 0 bridgehead atoms. The van der Waals surface area contributed by atoms with E-state index in [1.807, 2.05) is 19.1 Å². The summed E-state index contributed by atoms with van der Waals surface area (Å²) in [4.78, 5) is 23.4. The Morgan fingerprint density at radius 3 is 2.33 bits per heavy atom. The van der Waals surface area contributed by atoms with E-state index >= 15 is 0 Å². The maximum atomic E-state index is 11.7. The highest BCUT2D eigenvalue weighted by Crippen LogP contribution is 2.20. The predicted octanol–water partition coefficient (Wildman–Crippen LogP) is 2.62. The van der Waals surface area contributed by atoms with Crippen LogP contribution in [0.4, 0.5) is 5.69 Å². The van der Waals surface area contributed by atoms with Crippen LogP contribution in [-0.4, -0.2) is 17.5 Å². The average molecular weight is 287 g/mol. The zero-order chi connectivity index (χ0) is 15.2. The molecule has 0 heterocycles. The summed E-state index contributed by atoms with van der Waals surface area (Å²) in [7, 11) is 0. The molecule has 1 aromatic rings. The molecule has 0 aliphatic heterocycles. The predicted molar refractivity (Wildman–Crippen MR) is 83.0 cm³/mol. The molecule has 0 saturated heterocycles. The van der Waals surface area contributed by atoms with E-state index in [1.54, 1.807) is 12.1 Å². The number of nitrogens with one attached hydrogen (secondary N) is 2. The average Bonchev–Trinajstić information content (AvgIpc) is 2.48. The van der Waals surface area contributed by atoms with E-state index in [0.29, 0.717) is 11.6 Å². The summed E-state index contributed by atoms with van der Waals surface area (Å²) in [6, 6.07) is 7.26. The molecule has 0 unspecified atom stereocenters. The number of anilines is 1. The highest BCUT2D eigenvalue weighted by molar-refractivity contribution is 6.39. The van der Waals surface area contributed by atoms with E-state index in [2.05, 4.69) is 22.8 Å². The van der Waals surface area contributed by atoms with E-state index in [4.69, 9.17) is 0 Å². The lowest BCUT2D eigenvalue weighted by Gasteiger charge is -2.18. The Bertz CT molecular complexity index is 539. The minimum absolute atomic E-state index is 0.597. The van der Waals surface area contributed by atoms with Gasteiger partial charge in [0, 0.05) is 11.4 Å². The normalized spacial score (nSPS) is 18.0. The van der Waals surface area contributed by atoms with Gasteiger partial charge in [0.25, 0.3) is 0 Å². The smallest absolute Gasteiger partial charge is 0.318 e. The van der Waals surface area contributed by atoms with Crippen molar-refractivity contribution >= 4 is 23.2 Å². The van der Waals surface area contributed by atoms with Crippen LogP contribution in [0, 0.1) is 12.8 Å². The lowest BCUT2D eigenvalue weighted by molar-refractivity contribution is -0.136. The molecule has 2 rings (SSSR count). The summed E-state index contributed by atoms with van der Waals surface area (Å²) >= 11 is 0. The maximum Gasteiger partial charge on any atom is 0.329 e. The maximum absolute atomic E-state index is 11.7. The standard InChI is InChI=1S/C16H21N3O2/c1-11-3-7-13(8-4-11)17-15(20)16(21)19-18-14-9-5-12(2)6-10-14/h3-4,7-8,12H,5-6,9-10H2,1-2H3,(H,17,20)(H,19,21). The van der Waals surface area contributed by atoms with E-state index in [-0.39, 0.29) is 0 Å². The fraction of sp³-hybridized carbons (Fsp3) is 0.438. The van der Waals surface area contributed by atoms with Gasteiger partial charge in [0.05, 0.1) is 0 Å². The Hall–Kier alpha value is -2.17. The third-order valence-electron chi connectivity index (χ3n) is 3.68. The molecular formula is C16H21N3O2. The number of carbonyl (C=O) groups excluding carboxylic acids is 2. The molecule has 21 heavy (non-hydrogen) atoms. The molecule has 0 radical (unpaired) electrons. The minimum Gasteiger partial charge on any atom is -0.318 e. The van der Waals surface area contributed by atoms with E-state index in [9.17, 15) is 9.59 Å². The number of hydrogen-bond donors (Lipinski definition) is 2. The van der Waals surface area contributed by atoms with Crippen molar-refractivity contribution < 1.29 is 9.59 Å². The summed E-state index contributed by atoms with van der Waals surface area (Å²) in [5.74, 6) is -0.724. The summed E-state index contributed by atoms with van der Waals surface area (Å²) in [5.41, 5.74) is 4.99. The van der Waals surface area contributed by atoms with Crippen molar-refractivity contribution in [2.75, 3.05) is 5.32 Å². The zero-order valence-corrected chi connectivity index (χ0v) is 12.5. The minimum atomic E-state index is -0.735. The second kappa shape index (κ2) is 7.02. The van der Waals surface area contributed by atoms with Crippen LogP contribution in [0.15, 0.2) is 29.4 Å². The molecule has 0 atom stereocenters. The van der Waals surface area contributed by atoms with Crippen LogP contribution in [0.5, 0.6) is 0 Å². The van der Waals surface area contributed by atoms with E-state index in [1.165, 1.54) is 0 Å². The Morgan fingerprint density at radius 1 is 1.10 bits per heavy atom. The summed E-state index contributed by atoms with van der Waals surface area (Å²) in [6.07, 6.45) is 3.95. The van der Waals surface area contributed by atoms with Gasteiger partial charge in [-0.2, -0.15) is 5.10 Å². The SMILES string of the molecule is Cc1ccc(NC(=O)C(=O)NN=C2CCC(C)CC2)cc1. The molecular weight excluding hydrogens is 266 g/mol. The number of carbonyl (C=O) groups is 2. The van der Waals surface area contributed by atoms with Gasteiger partial charge in [0.2, 0.25) is 0 Å². The Kier molecular flexibility index (Phi) is 5.09. The first-order valence-corrected chi connectivity index (χ1v) is 7.28. The fourth-order valence-corrected chi connectivity index (χ4v) is 2.21. The van der Waals surface area contributed by atoms with Crippen molar-refractivity contribution in [2.24, 2.45) is 11.0 Å². The second-order valence-corrected chi connectivity index (χ2v) is 5.62. The van der Waals surface area contributed by atoms with Crippen LogP contribution in [0.1, 0.15) is 38.2 Å². The largest absolute Gasteiger partial charge is 0.329 e. The number of rotatable bonds is 2. The fourth-order valence-electron chi connectivity index (χ4n) is 2.21. The summed E-state index contributed by atoms with van der Waals surface area (Å²) in [5, 5.41) is 6.59. The molecule has 5 nitrogen and oxygen atoms in total. The molecule has 1 aliphatic rings. The van der Waals surface area contributed by atoms with Crippen LogP contribution >= 0.6 is 0 Å². The second-order valence-electron chi connectivity index (χ2n) is 5.62. The molecule has 0 spiro atoms. The first-order valence-electron chi connectivity index (χ1n) is 7.28. The van der Waals surface area contributed by atoms with Crippen LogP contribution in [0.25, 0.3) is 0 Å². The van der Waals surface area contributed by atoms with Crippen molar-refractivity contribution in [3.63, 3.8) is 0 Å². The van der Waals surface area contributed by atoms with Crippen LogP contribution in [-0.2, 0) is 9.59 Å². The number of aryl methyl sites for hydroxylation is 1. The molecule has 1 fully saturated rings. The van der Waals surface area contributed by atoms with Gasteiger partial charge in [-0.3, -0.25) is 9.59 Å². The third-order valence-corrected chi connectivity index (χ3v) is 3.68. The Balaban J connectivity index is 1.84. The van der Waals surface area contributed by atoms with Gasteiger partial charge in [-0.05, 0) is 50.7 Å². The van der Waals surface area contributed by atoms with Crippen LogP contribution in [0.3, 0.4) is 0 Å². The van der Waals surface area contributed by atoms with Crippen LogP contribution in [0.2, 0.25) is 0 Å². The van der Waals surface area contributed by atoms with Crippen molar-refractivity contribution in [3.8, 4) is 0 Å². The monoisotopic (exact) mass is 287 g/mol. The highest BCUT2D eigenvalue weighted by Gasteiger charge is 2.16. The van der Waals surface area contributed by atoms with Gasteiger partial charge in [0.15, 0.2) is 0 Å². The number of benzene rings is 1. The van der Waals surface area contributed by atoms with Gasteiger partial charge in [-0.15, -0.1) is 0 Å². The Morgan fingerprint density at radius 2 is 1.71 bits per heavy atom. The quantitative estimate of drug-likeness (QED) is 0.648. The number of hydrazone groups is 1. The number of nitrogens with zero attached hydrogens (tertiary/aromatic N) is 1.